The third-order valence-corrected chi connectivity index (χ3v) is 9.09. The first kappa shape index (κ1) is 32.2. The summed E-state index contributed by atoms with van der Waals surface area (Å²) in [5.41, 5.74) is 3.05. The summed E-state index contributed by atoms with van der Waals surface area (Å²) in [4.78, 5) is 0. The van der Waals surface area contributed by atoms with Crippen LogP contribution in [0.1, 0.15) is 122 Å². The molecule has 4 heteroatoms. The Morgan fingerprint density at radius 1 is 0.619 bits per heavy atom. The molecule has 3 aromatic rings. The molecule has 4 rings (SSSR count). The van der Waals surface area contributed by atoms with Crippen LogP contribution in [0.25, 0.3) is 22.3 Å². The quantitative estimate of drug-likeness (QED) is 0.154. The second-order valence-corrected chi connectivity index (χ2v) is 12.2. The van der Waals surface area contributed by atoms with Crippen LogP contribution in [0.15, 0.2) is 54.6 Å². The summed E-state index contributed by atoms with van der Waals surface area (Å²) in [6.45, 7) is 4.82. The Hall–Kier alpha value is -2.75. The first-order valence-electron chi connectivity index (χ1n) is 16.5. The minimum absolute atomic E-state index is 0.0500. The molecule has 0 aromatic heterocycles. The molecule has 0 atom stereocenters. The standard InChI is InChI=1S/C38H49F3O/c1-3-5-7-8-9-10-12-26-42-36-25-24-34(37(40)38(36)41)31-20-18-30(19-21-31)33-23-22-32(27-35(33)39)29-16-14-28(15-17-29)13-11-6-4-2/h18-25,27-29H,3-17,26H2,1-2H3. The molecule has 42 heavy (non-hydrogen) atoms. The van der Waals surface area contributed by atoms with Crippen LogP contribution in [-0.2, 0) is 0 Å². The van der Waals surface area contributed by atoms with Crippen molar-refractivity contribution in [2.45, 2.75) is 116 Å². The number of ether oxygens (including phenoxy) is 1. The van der Waals surface area contributed by atoms with Gasteiger partial charge in [0.25, 0.3) is 0 Å². The SMILES string of the molecule is CCCCCCCCCOc1ccc(-c2ccc(-c3ccc(C4CCC(CCCCC)CC4)cc3F)cc2)c(F)c1F. The van der Waals surface area contributed by atoms with E-state index in [1.807, 2.05) is 6.07 Å². The molecule has 1 fully saturated rings. The predicted molar refractivity (Wildman–Crippen MR) is 170 cm³/mol. The van der Waals surface area contributed by atoms with Gasteiger partial charge in [0.2, 0.25) is 5.82 Å². The normalized spacial score (nSPS) is 17.0. The monoisotopic (exact) mass is 578 g/mol. The predicted octanol–water partition coefficient (Wildman–Crippen LogP) is 12.4. The van der Waals surface area contributed by atoms with Gasteiger partial charge in [0.15, 0.2) is 11.6 Å². The van der Waals surface area contributed by atoms with Gasteiger partial charge in [0.1, 0.15) is 5.82 Å². The van der Waals surface area contributed by atoms with Crippen molar-refractivity contribution in [2.75, 3.05) is 6.61 Å². The van der Waals surface area contributed by atoms with E-state index in [0.29, 0.717) is 23.7 Å². The van der Waals surface area contributed by atoms with Gasteiger partial charge in [-0.25, -0.2) is 8.78 Å². The molecule has 0 spiro atoms. The van der Waals surface area contributed by atoms with Gasteiger partial charge in [-0.2, -0.15) is 4.39 Å². The number of hydrogen-bond donors (Lipinski definition) is 0. The fourth-order valence-electron chi connectivity index (χ4n) is 6.42. The highest BCUT2D eigenvalue weighted by atomic mass is 19.2. The molecule has 0 unspecified atom stereocenters. The molecule has 0 radical (unpaired) electrons. The van der Waals surface area contributed by atoms with Gasteiger partial charge in [-0.3, -0.25) is 0 Å². The number of benzene rings is 3. The van der Waals surface area contributed by atoms with E-state index < -0.39 is 11.6 Å². The zero-order chi connectivity index (χ0) is 29.7. The summed E-state index contributed by atoms with van der Waals surface area (Å²) in [6.07, 6.45) is 17.9. The van der Waals surface area contributed by atoms with E-state index in [4.69, 9.17) is 4.74 Å². The molecule has 0 N–H and O–H groups in total. The average molecular weight is 579 g/mol. The molecule has 0 heterocycles. The molecule has 0 bridgehead atoms. The summed E-state index contributed by atoms with van der Waals surface area (Å²) in [7, 11) is 0. The molecule has 0 aliphatic heterocycles. The number of halogens is 3. The Balaban J connectivity index is 1.33. The number of unbranched alkanes of at least 4 members (excludes halogenated alkanes) is 8. The maximum Gasteiger partial charge on any atom is 0.201 e. The Bertz CT molecular complexity index is 1230. The lowest BCUT2D eigenvalue weighted by Crippen LogP contribution is -2.13. The van der Waals surface area contributed by atoms with E-state index in [1.165, 1.54) is 70.3 Å². The van der Waals surface area contributed by atoms with Crippen molar-refractivity contribution >= 4 is 0 Å². The summed E-state index contributed by atoms with van der Waals surface area (Å²) in [5, 5.41) is 0. The molecule has 228 valence electrons. The third-order valence-electron chi connectivity index (χ3n) is 9.09. The number of rotatable bonds is 16. The molecular formula is C38H49F3O. The lowest BCUT2D eigenvalue weighted by molar-refractivity contribution is 0.285. The fraction of sp³-hybridized carbons (Fsp3) is 0.526. The van der Waals surface area contributed by atoms with Crippen LogP contribution < -0.4 is 4.74 Å². The van der Waals surface area contributed by atoms with Gasteiger partial charge in [-0.05, 0) is 78.8 Å². The van der Waals surface area contributed by atoms with Crippen LogP contribution in [0.5, 0.6) is 5.75 Å². The van der Waals surface area contributed by atoms with Gasteiger partial charge in [0, 0.05) is 11.1 Å². The Kier molecular flexibility index (Phi) is 12.8. The molecule has 0 amide bonds. The van der Waals surface area contributed by atoms with Crippen molar-refractivity contribution < 1.29 is 17.9 Å². The topological polar surface area (TPSA) is 9.23 Å². The smallest absolute Gasteiger partial charge is 0.201 e. The van der Waals surface area contributed by atoms with E-state index in [2.05, 4.69) is 19.9 Å². The maximum atomic E-state index is 15.3. The molecule has 0 saturated heterocycles. The van der Waals surface area contributed by atoms with Gasteiger partial charge >= 0.3 is 0 Å². The average Bonchev–Trinajstić information content (AvgIpc) is 3.01. The fourth-order valence-corrected chi connectivity index (χ4v) is 6.42. The largest absolute Gasteiger partial charge is 0.490 e. The van der Waals surface area contributed by atoms with E-state index in [0.717, 1.165) is 49.1 Å². The van der Waals surface area contributed by atoms with Crippen molar-refractivity contribution in [1.29, 1.82) is 0 Å². The van der Waals surface area contributed by atoms with Crippen LogP contribution in [0.2, 0.25) is 0 Å². The van der Waals surface area contributed by atoms with E-state index in [-0.39, 0.29) is 17.1 Å². The second-order valence-electron chi connectivity index (χ2n) is 12.2. The molecule has 1 saturated carbocycles. The van der Waals surface area contributed by atoms with Crippen molar-refractivity contribution in [3.8, 4) is 28.0 Å². The van der Waals surface area contributed by atoms with Crippen LogP contribution in [0, 0.1) is 23.4 Å². The van der Waals surface area contributed by atoms with Crippen molar-refractivity contribution in [2.24, 2.45) is 5.92 Å². The van der Waals surface area contributed by atoms with E-state index >= 15 is 4.39 Å². The summed E-state index contributed by atoms with van der Waals surface area (Å²) < 4.78 is 50.6. The first-order valence-corrected chi connectivity index (χ1v) is 16.5. The Labute approximate surface area is 251 Å². The second kappa shape index (κ2) is 16.8. The highest BCUT2D eigenvalue weighted by Crippen LogP contribution is 2.39. The van der Waals surface area contributed by atoms with E-state index in [1.54, 1.807) is 36.4 Å². The van der Waals surface area contributed by atoms with Crippen LogP contribution >= 0.6 is 0 Å². The van der Waals surface area contributed by atoms with Crippen LogP contribution in [0.3, 0.4) is 0 Å². The molecule has 1 aliphatic carbocycles. The van der Waals surface area contributed by atoms with Crippen molar-refractivity contribution in [1.82, 2.24) is 0 Å². The summed E-state index contributed by atoms with van der Waals surface area (Å²) in [5.74, 6) is -0.909. The highest BCUT2D eigenvalue weighted by molar-refractivity contribution is 5.71. The third kappa shape index (κ3) is 8.88. The zero-order valence-corrected chi connectivity index (χ0v) is 25.7. The molecule has 1 aliphatic rings. The Morgan fingerprint density at radius 3 is 1.88 bits per heavy atom. The van der Waals surface area contributed by atoms with Crippen LogP contribution in [0.4, 0.5) is 13.2 Å². The summed E-state index contributed by atoms with van der Waals surface area (Å²) in [6, 6.07) is 15.7. The van der Waals surface area contributed by atoms with Gasteiger partial charge in [0.05, 0.1) is 6.61 Å². The molecular weight excluding hydrogens is 529 g/mol. The Morgan fingerprint density at radius 2 is 1.21 bits per heavy atom. The highest BCUT2D eigenvalue weighted by Gasteiger charge is 2.23. The lowest BCUT2D eigenvalue weighted by Gasteiger charge is -2.29. The first-order chi connectivity index (χ1) is 20.5. The zero-order valence-electron chi connectivity index (χ0n) is 25.7. The van der Waals surface area contributed by atoms with Gasteiger partial charge in [-0.15, -0.1) is 0 Å². The van der Waals surface area contributed by atoms with Crippen molar-refractivity contribution in [3.63, 3.8) is 0 Å². The van der Waals surface area contributed by atoms with Crippen LogP contribution in [-0.4, -0.2) is 6.61 Å². The maximum absolute atomic E-state index is 15.3. The van der Waals surface area contributed by atoms with Crippen molar-refractivity contribution in [3.05, 3.63) is 77.6 Å². The molecule has 1 nitrogen and oxygen atoms in total. The van der Waals surface area contributed by atoms with Gasteiger partial charge in [-0.1, -0.05) is 114 Å². The van der Waals surface area contributed by atoms with E-state index in [9.17, 15) is 8.78 Å². The lowest BCUT2D eigenvalue weighted by atomic mass is 9.77. The minimum Gasteiger partial charge on any atom is -0.490 e. The summed E-state index contributed by atoms with van der Waals surface area (Å²) >= 11 is 0. The number of hydrogen-bond acceptors (Lipinski definition) is 1. The molecule has 3 aromatic carbocycles. The van der Waals surface area contributed by atoms with Gasteiger partial charge < -0.3 is 4.74 Å². The minimum atomic E-state index is -0.962.